The predicted octanol–water partition coefficient (Wildman–Crippen LogP) is 1.95. The van der Waals surface area contributed by atoms with E-state index in [9.17, 15) is 21.6 Å². The molecule has 2 aromatic carbocycles. The molecule has 32 heavy (non-hydrogen) atoms. The van der Waals surface area contributed by atoms with Crippen LogP contribution < -0.4 is 5.48 Å². The van der Waals surface area contributed by atoms with Crippen molar-refractivity contribution < 1.29 is 31.7 Å². The normalized spacial score (nSPS) is 18.4. The molecule has 11 heteroatoms. The number of hydrogen-bond acceptors (Lipinski definition) is 8. The van der Waals surface area contributed by atoms with Crippen LogP contribution in [0, 0.1) is 0 Å². The molecule has 0 aliphatic carbocycles. The van der Waals surface area contributed by atoms with Gasteiger partial charge in [0, 0.05) is 25.4 Å². The molecular formula is C21H24N2O7S2. The van der Waals surface area contributed by atoms with E-state index in [1.54, 1.807) is 24.3 Å². The highest BCUT2D eigenvalue weighted by Gasteiger charge is 2.47. The first kappa shape index (κ1) is 23.9. The summed E-state index contributed by atoms with van der Waals surface area (Å²) in [5.41, 5.74) is 4.53. The van der Waals surface area contributed by atoms with Crippen LogP contribution in [0.15, 0.2) is 58.6 Å². The number of hydrogen-bond donors (Lipinski definition) is 2. The number of carbonyl (C=O) groups is 1. The number of nitrogens with one attached hydrogen (secondary N) is 1. The Morgan fingerprint density at radius 2 is 1.53 bits per heavy atom. The third-order valence-electron chi connectivity index (χ3n) is 5.58. The van der Waals surface area contributed by atoms with Crippen molar-refractivity contribution in [1.82, 2.24) is 5.48 Å². The molecule has 1 aliphatic heterocycles. The number of nitrogens with zero attached hydrogens (tertiary/aromatic N) is 1. The number of sulfone groups is 2. The Balaban J connectivity index is 1.72. The molecule has 172 valence electrons. The first-order chi connectivity index (χ1) is 14.8. The lowest BCUT2D eigenvalue weighted by molar-refractivity contribution is -0.132. The summed E-state index contributed by atoms with van der Waals surface area (Å²) in [4.78, 5) is 17.6. The number of hydroxylamine groups is 1. The van der Waals surface area contributed by atoms with Crippen molar-refractivity contribution in [2.75, 3.05) is 12.5 Å². The Morgan fingerprint density at radius 1 is 1.03 bits per heavy atom. The number of benzene rings is 2. The van der Waals surface area contributed by atoms with E-state index in [1.165, 1.54) is 12.4 Å². The van der Waals surface area contributed by atoms with Crippen molar-refractivity contribution in [3.63, 3.8) is 0 Å². The Morgan fingerprint density at radius 3 is 2.00 bits per heavy atom. The highest BCUT2D eigenvalue weighted by Crippen LogP contribution is 2.30. The molecule has 0 radical (unpaired) electrons. The molecule has 3 rings (SSSR count). The monoisotopic (exact) mass is 480 g/mol. The van der Waals surface area contributed by atoms with Crippen LogP contribution >= 0.6 is 0 Å². The van der Waals surface area contributed by atoms with Gasteiger partial charge in [-0.05, 0) is 35.7 Å². The number of rotatable bonds is 7. The number of carbonyl (C=O) groups excluding carboxylic acids is 1. The van der Waals surface area contributed by atoms with Gasteiger partial charge in [0.05, 0.1) is 10.6 Å². The molecule has 2 N–H and O–H groups in total. The maximum Gasteiger partial charge on any atom is 0.264 e. The third-order valence-corrected chi connectivity index (χ3v) is 8.70. The lowest BCUT2D eigenvalue weighted by atomic mass is 9.95. The zero-order valence-corrected chi connectivity index (χ0v) is 19.4. The minimum Gasteiger partial charge on any atom is -0.392 e. The molecule has 2 aromatic rings. The predicted molar refractivity (Wildman–Crippen MR) is 119 cm³/mol. The molecule has 0 saturated carbocycles. The van der Waals surface area contributed by atoms with E-state index in [0.29, 0.717) is 12.1 Å². The summed E-state index contributed by atoms with van der Waals surface area (Å²) >= 11 is 0. The van der Waals surface area contributed by atoms with Gasteiger partial charge in [-0.25, -0.2) is 22.3 Å². The number of oxime groups is 1. The highest BCUT2D eigenvalue weighted by molar-refractivity contribution is 7.92. The molecule has 0 fully saturated rings. The summed E-state index contributed by atoms with van der Waals surface area (Å²) in [6.45, 7) is 1.24. The molecule has 1 amide bonds. The van der Waals surface area contributed by atoms with Gasteiger partial charge in [0.2, 0.25) is 0 Å². The quantitative estimate of drug-likeness (QED) is 0.456. The second kappa shape index (κ2) is 8.64. The zero-order chi connectivity index (χ0) is 23.7. The Bertz CT molecular complexity index is 1250. The maximum absolute atomic E-state index is 12.1. The van der Waals surface area contributed by atoms with Gasteiger partial charge in [0.15, 0.2) is 24.4 Å². The smallest absolute Gasteiger partial charge is 0.264 e. The van der Waals surface area contributed by atoms with Gasteiger partial charge in [0.1, 0.15) is 6.10 Å². The van der Waals surface area contributed by atoms with Crippen LogP contribution in [0.4, 0.5) is 0 Å². The SMILES string of the molecule is CC(C[C@H]1CC(c2ccc(-c3ccc(S(C)(=O)=O)cc3)cc2)=NO1)(C(=O)NO)S(C)(=O)=O. The molecular weight excluding hydrogens is 456 g/mol. The highest BCUT2D eigenvalue weighted by atomic mass is 32.2. The van der Waals surface area contributed by atoms with Crippen molar-refractivity contribution in [3.8, 4) is 11.1 Å². The van der Waals surface area contributed by atoms with Gasteiger partial charge < -0.3 is 4.84 Å². The van der Waals surface area contributed by atoms with E-state index < -0.39 is 36.4 Å². The van der Waals surface area contributed by atoms with Gasteiger partial charge >= 0.3 is 0 Å². The van der Waals surface area contributed by atoms with Gasteiger partial charge in [-0.15, -0.1) is 0 Å². The summed E-state index contributed by atoms with van der Waals surface area (Å²) in [5, 5.41) is 13.0. The summed E-state index contributed by atoms with van der Waals surface area (Å²) in [6.07, 6.45) is 1.57. The molecule has 1 heterocycles. The van der Waals surface area contributed by atoms with E-state index in [-0.39, 0.29) is 11.3 Å². The van der Waals surface area contributed by atoms with E-state index in [0.717, 1.165) is 29.2 Å². The largest absolute Gasteiger partial charge is 0.392 e. The summed E-state index contributed by atoms with van der Waals surface area (Å²) in [6, 6.07) is 14.0. The van der Waals surface area contributed by atoms with Gasteiger partial charge in [-0.1, -0.05) is 41.6 Å². The minimum absolute atomic E-state index is 0.171. The van der Waals surface area contributed by atoms with E-state index >= 15 is 0 Å². The van der Waals surface area contributed by atoms with Crippen LogP contribution in [0.2, 0.25) is 0 Å². The van der Waals surface area contributed by atoms with Crippen LogP contribution in [-0.2, 0) is 29.3 Å². The fourth-order valence-electron chi connectivity index (χ4n) is 3.42. The van der Waals surface area contributed by atoms with Gasteiger partial charge in [-0.3, -0.25) is 10.0 Å². The zero-order valence-electron chi connectivity index (χ0n) is 17.8. The van der Waals surface area contributed by atoms with Crippen molar-refractivity contribution >= 4 is 31.3 Å². The molecule has 0 bridgehead atoms. The minimum atomic E-state index is -3.83. The van der Waals surface area contributed by atoms with Crippen molar-refractivity contribution in [2.24, 2.45) is 5.16 Å². The second-order valence-electron chi connectivity index (χ2n) is 7.99. The Hall–Kier alpha value is -2.76. The van der Waals surface area contributed by atoms with Crippen molar-refractivity contribution in [2.45, 2.75) is 35.5 Å². The van der Waals surface area contributed by atoms with E-state index in [1.807, 2.05) is 24.3 Å². The standard InChI is InChI=1S/C21H24N2O7S2/c1-21(20(24)22-25,32(3,28)29)13-17-12-19(23-30-17)16-6-4-14(5-7-16)15-8-10-18(11-9-15)31(2,26)27/h4-11,17,25H,12-13H2,1-3H3,(H,22,24)/t17-,21?/m1/s1. The average Bonchev–Trinajstić information content (AvgIpc) is 3.20. The van der Waals surface area contributed by atoms with Crippen LogP contribution in [0.3, 0.4) is 0 Å². The molecule has 1 unspecified atom stereocenters. The number of amides is 1. The van der Waals surface area contributed by atoms with E-state index in [4.69, 9.17) is 10.0 Å². The molecule has 0 aromatic heterocycles. The van der Waals surface area contributed by atoms with Crippen molar-refractivity contribution in [3.05, 3.63) is 54.1 Å². The third kappa shape index (κ3) is 4.84. The fourth-order valence-corrected chi connectivity index (χ4v) is 4.92. The van der Waals surface area contributed by atoms with Crippen molar-refractivity contribution in [1.29, 1.82) is 0 Å². The van der Waals surface area contributed by atoms with Gasteiger partial charge in [0.25, 0.3) is 5.91 Å². The first-order valence-electron chi connectivity index (χ1n) is 9.63. The van der Waals surface area contributed by atoms with E-state index in [2.05, 4.69) is 5.16 Å². The van der Waals surface area contributed by atoms with Crippen LogP contribution in [0.1, 0.15) is 25.3 Å². The molecule has 2 atom stereocenters. The Kier molecular flexibility index (Phi) is 6.45. The van der Waals surface area contributed by atoms with Crippen LogP contribution in [0.25, 0.3) is 11.1 Å². The average molecular weight is 481 g/mol. The molecule has 1 aliphatic rings. The van der Waals surface area contributed by atoms with Crippen LogP contribution in [-0.4, -0.2) is 57.0 Å². The topological polar surface area (TPSA) is 139 Å². The summed E-state index contributed by atoms with van der Waals surface area (Å²) in [7, 11) is -7.10. The Labute approximate surface area is 186 Å². The molecule has 0 spiro atoms. The lowest BCUT2D eigenvalue weighted by Crippen LogP contribution is -2.51. The molecule has 9 nitrogen and oxygen atoms in total. The van der Waals surface area contributed by atoms with Crippen LogP contribution in [0.5, 0.6) is 0 Å². The second-order valence-corrected chi connectivity index (χ2v) is 12.5. The maximum atomic E-state index is 12.1. The van der Waals surface area contributed by atoms with Gasteiger partial charge in [-0.2, -0.15) is 0 Å². The summed E-state index contributed by atoms with van der Waals surface area (Å²) < 4.78 is 45.6. The fraction of sp³-hybridized carbons (Fsp3) is 0.333. The lowest BCUT2D eigenvalue weighted by Gasteiger charge is -2.26. The first-order valence-corrected chi connectivity index (χ1v) is 13.4. The summed E-state index contributed by atoms with van der Waals surface area (Å²) in [5.74, 6) is -1.02. The molecule has 0 saturated heterocycles.